The summed E-state index contributed by atoms with van der Waals surface area (Å²) in [5, 5.41) is 8.19. The number of rotatable bonds is 5. The third kappa shape index (κ3) is 4.73. The van der Waals surface area contributed by atoms with Gasteiger partial charge in [-0.25, -0.2) is 4.98 Å². The van der Waals surface area contributed by atoms with E-state index < -0.39 is 0 Å². The van der Waals surface area contributed by atoms with Crippen molar-refractivity contribution in [3.63, 3.8) is 0 Å². The smallest absolute Gasteiger partial charge is 0.320 e. The van der Waals surface area contributed by atoms with E-state index in [-0.39, 0.29) is 0 Å². The van der Waals surface area contributed by atoms with Crippen LogP contribution in [0.2, 0.25) is 0 Å². The van der Waals surface area contributed by atoms with Crippen molar-refractivity contribution in [1.82, 2.24) is 34.6 Å². The van der Waals surface area contributed by atoms with Gasteiger partial charge in [-0.2, -0.15) is 15.1 Å². The molecule has 4 heterocycles. The maximum absolute atomic E-state index is 6.19. The normalized spacial score (nSPS) is 16.4. The first-order valence-corrected chi connectivity index (χ1v) is 12.7. The van der Waals surface area contributed by atoms with Gasteiger partial charge in [-0.3, -0.25) is 4.68 Å². The molecule has 0 saturated heterocycles. The first kappa shape index (κ1) is 22.0. The molecule has 3 aromatic heterocycles. The molecule has 0 radical (unpaired) electrons. The average molecular weight is 473 g/mol. The van der Waals surface area contributed by atoms with Gasteiger partial charge < -0.3 is 20.4 Å². The number of aryl methyl sites for hydroxylation is 2. The summed E-state index contributed by atoms with van der Waals surface area (Å²) in [6, 6.07) is 7.82. The van der Waals surface area contributed by atoms with Gasteiger partial charge in [0.15, 0.2) is 17.0 Å². The van der Waals surface area contributed by atoms with E-state index in [0.29, 0.717) is 36.1 Å². The minimum absolute atomic E-state index is 0.327. The van der Waals surface area contributed by atoms with Crippen LogP contribution in [0, 0.1) is 6.92 Å². The fourth-order valence-corrected chi connectivity index (χ4v) is 4.83. The molecule has 2 aliphatic rings. The summed E-state index contributed by atoms with van der Waals surface area (Å²) in [6.07, 6.45) is 10.9. The second-order valence-electron chi connectivity index (χ2n) is 9.68. The van der Waals surface area contributed by atoms with Crippen LogP contribution in [0.15, 0.2) is 30.6 Å². The number of ether oxygens (including phenoxy) is 1. The lowest BCUT2D eigenvalue weighted by Gasteiger charge is -2.14. The van der Waals surface area contributed by atoms with E-state index in [0.717, 1.165) is 50.6 Å². The first-order chi connectivity index (χ1) is 17.1. The van der Waals surface area contributed by atoms with Crippen molar-refractivity contribution in [2.75, 3.05) is 18.9 Å². The third-order valence-corrected chi connectivity index (χ3v) is 6.92. The van der Waals surface area contributed by atoms with Crippen LogP contribution in [-0.2, 0) is 19.5 Å². The van der Waals surface area contributed by atoms with Gasteiger partial charge in [-0.05, 0) is 62.1 Å². The Morgan fingerprint density at radius 2 is 2.06 bits per heavy atom. The minimum Gasteiger partial charge on any atom is -0.463 e. The number of aromatic nitrogens is 6. The Morgan fingerprint density at radius 3 is 2.94 bits per heavy atom. The second-order valence-corrected chi connectivity index (χ2v) is 9.68. The Balaban J connectivity index is 1.32. The molecule has 9 nitrogen and oxygen atoms in total. The number of nitrogens with two attached hydrogens (primary N) is 1. The Labute approximate surface area is 204 Å². The van der Waals surface area contributed by atoms with Crippen LogP contribution in [0.3, 0.4) is 0 Å². The third-order valence-electron chi connectivity index (χ3n) is 6.92. The van der Waals surface area contributed by atoms with Gasteiger partial charge in [0.2, 0.25) is 0 Å². The molecular formula is C26H32N8O. The minimum atomic E-state index is 0.327. The van der Waals surface area contributed by atoms with Gasteiger partial charge >= 0.3 is 6.01 Å². The van der Waals surface area contributed by atoms with E-state index in [1.54, 1.807) is 0 Å². The predicted molar refractivity (Wildman–Crippen MR) is 135 cm³/mol. The lowest BCUT2D eigenvalue weighted by molar-refractivity contribution is 0.283. The quantitative estimate of drug-likeness (QED) is 0.458. The monoisotopic (exact) mass is 472 g/mol. The van der Waals surface area contributed by atoms with Gasteiger partial charge in [-0.1, -0.05) is 18.2 Å². The highest BCUT2D eigenvalue weighted by atomic mass is 16.5. The maximum atomic E-state index is 6.19. The number of hydrogen-bond donors (Lipinski definition) is 2. The second kappa shape index (κ2) is 9.30. The lowest BCUT2D eigenvalue weighted by atomic mass is 9.95. The number of anilines is 1. The van der Waals surface area contributed by atoms with Crippen molar-refractivity contribution >= 4 is 17.0 Å². The highest BCUT2D eigenvalue weighted by Gasteiger charge is 2.20. The van der Waals surface area contributed by atoms with Crippen LogP contribution >= 0.6 is 0 Å². The van der Waals surface area contributed by atoms with Crippen LogP contribution in [-0.4, -0.2) is 48.5 Å². The van der Waals surface area contributed by atoms with Crippen molar-refractivity contribution < 1.29 is 4.74 Å². The molecule has 1 aliphatic heterocycles. The van der Waals surface area contributed by atoms with Crippen LogP contribution in [0.1, 0.15) is 49.1 Å². The fraction of sp³-hybridized carbons (Fsp3) is 0.462. The molecule has 4 bridgehead atoms. The van der Waals surface area contributed by atoms with Gasteiger partial charge in [-0.15, -0.1) is 0 Å². The van der Waals surface area contributed by atoms with E-state index in [9.17, 15) is 0 Å². The molecule has 1 fully saturated rings. The topological polar surface area (TPSA) is 109 Å². The van der Waals surface area contributed by atoms with E-state index in [1.807, 2.05) is 13.1 Å². The number of benzene rings is 1. The summed E-state index contributed by atoms with van der Waals surface area (Å²) < 4.78 is 9.98. The van der Waals surface area contributed by atoms with Gasteiger partial charge in [0.1, 0.15) is 5.82 Å². The summed E-state index contributed by atoms with van der Waals surface area (Å²) in [4.78, 5) is 13.6. The Kier molecular flexibility index (Phi) is 5.85. The van der Waals surface area contributed by atoms with Gasteiger partial charge in [0, 0.05) is 24.3 Å². The lowest BCUT2D eigenvalue weighted by Crippen LogP contribution is -2.21. The molecule has 35 heavy (non-hydrogen) atoms. The summed E-state index contributed by atoms with van der Waals surface area (Å²) in [5.74, 6) is 1.22. The molecule has 0 unspecified atom stereocenters. The van der Waals surface area contributed by atoms with E-state index >= 15 is 0 Å². The molecule has 4 aromatic rings. The van der Waals surface area contributed by atoms with E-state index in [4.69, 9.17) is 10.5 Å². The summed E-state index contributed by atoms with van der Waals surface area (Å²) in [5.41, 5.74) is 12.5. The molecule has 6 rings (SSSR count). The van der Waals surface area contributed by atoms with Crippen molar-refractivity contribution in [2.45, 2.75) is 64.6 Å². The van der Waals surface area contributed by atoms with Crippen molar-refractivity contribution in [3.05, 3.63) is 47.5 Å². The zero-order valence-electron chi connectivity index (χ0n) is 20.2. The van der Waals surface area contributed by atoms with Crippen LogP contribution in [0.5, 0.6) is 6.01 Å². The largest absolute Gasteiger partial charge is 0.463 e. The van der Waals surface area contributed by atoms with E-state index in [2.05, 4.69) is 59.0 Å². The van der Waals surface area contributed by atoms with Crippen molar-refractivity contribution in [2.24, 2.45) is 0 Å². The molecule has 1 aromatic carbocycles. The molecule has 182 valence electrons. The zero-order valence-corrected chi connectivity index (χ0v) is 20.2. The molecule has 0 atom stereocenters. The maximum Gasteiger partial charge on any atom is 0.320 e. The molecule has 0 spiro atoms. The number of hydrogen-bond acceptors (Lipinski definition) is 7. The number of nitrogens with one attached hydrogen (secondary N) is 1. The van der Waals surface area contributed by atoms with Gasteiger partial charge in [0.25, 0.3) is 0 Å². The number of fused-ring (bicyclic) bond motifs is 3. The summed E-state index contributed by atoms with van der Waals surface area (Å²) in [7, 11) is 0. The standard InChI is InChI=1S/C26H32N8O/c1-17-30-23-24(27)31-26-32-25(23)34(17)15-18-6-9-22(19(13-18)5-3-2-4-12-35-26)20-14-29-33(16-20)11-10-28-21-7-8-21/h6,9,13-14,16,21,28H,2-5,7-8,10-12,15H2,1H3,(H2,27,31,32). The predicted octanol–water partition coefficient (Wildman–Crippen LogP) is 3.49. The molecule has 1 aliphatic carbocycles. The highest BCUT2D eigenvalue weighted by Crippen LogP contribution is 2.28. The first-order valence-electron chi connectivity index (χ1n) is 12.7. The number of imidazole rings is 1. The average Bonchev–Trinajstić information content (AvgIpc) is 3.46. The molecule has 0 amide bonds. The van der Waals surface area contributed by atoms with Crippen LogP contribution in [0.4, 0.5) is 5.82 Å². The van der Waals surface area contributed by atoms with Crippen LogP contribution in [0.25, 0.3) is 22.3 Å². The number of nitrogens with zero attached hydrogens (tertiary/aromatic N) is 6. The van der Waals surface area contributed by atoms with Crippen molar-refractivity contribution in [1.29, 1.82) is 0 Å². The van der Waals surface area contributed by atoms with Gasteiger partial charge in [0.05, 0.1) is 25.9 Å². The molecule has 3 N–H and O–H groups in total. The van der Waals surface area contributed by atoms with Crippen LogP contribution < -0.4 is 15.8 Å². The summed E-state index contributed by atoms with van der Waals surface area (Å²) >= 11 is 0. The van der Waals surface area contributed by atoms with Crippen molar-refractivity contribution in [3.8, 4) is 17.1 Å². The highest BCUT2D eigenvalue weighted by molar-refractivity contribution is 5.82. The molecular weight excluding hydrogens is 440 g/mol. The number of nitrogen functional groups attached to an aromatic ring is 1. The fourth-order valence-electron chi connectivity index (χ4n) is 4.83. The molecule has 1 saturated carbocycles. The Morgan fingerprint density at radius 1 is 1.14 bits per heavy atom. The van der Waals surface area contributed by atoms with E-state index in [1.165, 1.54) is 35.1 Å². The Bertz CT molecular complexity index is 1350. The molecule has 9 heteroatoms. The summed E-state index contributed by atoms with van der Waals surface area (Å²) in [6.45, 7) is 5.08. The zero-order chi connectivity index (χ0) is 23.8. The SMILES string of the molecule is Cc1nc2c(N)nc3nc2n1Cc1ccc(-c2cnn(CCNC4CC4)c2)c(c1)CCCCCO3. The Hall–Kier alpha value is -3.46.